The zero-order valence-electron chi connectivity index (χ0n) is 10.8. The molecule has 1 aromatic carbocycles. The summed E-state index contributed by atoms with van der Waals surface area (Å²) in [6.45, 7) is 1.47. The lowest BCUT2D eigenvalue weighted by molar-refractivity contribution is 0.680. The topological polar surface area (TPSA) is 50.7 Å². The maximum atomic E-state index is 4.47. The number of benzene rings is 1. The van der Waals surface area contributed by atoms with Crippen molar-refractivity contribution in [3.05, 3.63) is 64.8 Å². The first-order chi connectivity index (χ1) is 9.84. The quantitative estimate of drug-likeness (QED) is 0.799. The van der Waals surface area contributed by atoms with Crippen LogP contribution in [0.2, 0.25) is 0 Å². The van der Waals surface area contributed by atoms with Gasteiger partial charge in [0.05, 0.1) is 11.2 Å². The summed E-state index contributed by atoms with van der Waals surface area (Å²) in [5.74, 6) is 0. The number of fused-ring (bicyclic) bond motifs is 1. The number of rotatable bonds is 4. The number of aromatic nitrogens is 3. The Hall–Kier alpha value is -1.85. The molecule has 0 aliphatic carbocycles. The highest BCUT2D eigenvalue weighted by atomic mass is 79.9. The van der Waals surface area contributed by atoms with E-state index in [2.05, 4.69) is 54.4 Å². The molecule has 0 spiro atoms. The molecule has 0 atom stereocenters. The van der Waals surface area contributed by atoms with Crippen molar-refractivity contribution < 1.29 is 0 Å². The van der Waals surface area contributed by atoms with Crippen molar-refractivity contribution in [2.75, 3.05) is 0 Å². The Balaban J connectivity index is 1.77. The van der Waals surface area contributed by atoms with Gasteiger partial charge in [-0.15, -0.1) is 0 Å². The van der Waals surface area contributed by atoms with Crippen molar-refractivity contribution in [2.45, 2.75) is 13.1 Å². The van der Waals surface area contributed by atoms with Gasteiger partial charge in [0.2, 0.25) is 0 Å². The molecule has 5 heteroatoms. The molecule has 0 amide bonds. The van der Waals surface area contributed by atoms with Gasteiger partial charge in [0.15, 0.2) is 0 Å². The van der Waals surface area contributed by atoms with Gasteiger partial charge in [-0.2, -0.15) is 0 Å². The molecule has 2 aromatic heterocycles. The fraction of sp³-hybridized carbons (Fsp3) is 0.133. The molecule has 0 saturated carbocycles. The molecule has 0 radical (unpaired) electrons. The smallest absolute Gasteiger partial charge is 0.115 e. The predicted octanol–water partition coefficient (Wildman–Crippen LogP) is 3.08. The second kappa shape index (κ2) is 6.07. The zero-order chi connectivity index (χ0) is 13.8. The van der Waals surface area contributed by atoms with Crippen LogP contribution in [-0.2, 0) is 13.1 Å². The van der Waals surface area contributed by atoms with Crippen LogP contribution < -0.4 is 5.32 Å². The van der Waals surface area contributed by atoms with Gasteiger partial charge in [-0.25, -0.2) is 9.97 Å². The van der Waals surface area contributed by atoms with Crippen molar-refractivity contribution in [1.29, 1.82) is 0 Å². The van der Waals surface area contributed by atoms with Crippen molar-refractivity contribution >= 4 is 26.8 Å². The van der Waals surface area contributed by atoms with E-state index in [0.717, 1.165) is 27.6 Å². The predicted molar refractivity (Wildman–Crippen MR) is 82.0 cm³/mol. The molecule has 0 aliphatic heterocycles. The van der Waals surface area contributed by atoms with Crippen LogP contribution in [0.5, 0.6) is 0 Å². The van der Waals surface area contributed by atoms with E-state index in [1.165, 1.54) is 5.56 Å². The van der Waals surface area contributed by atoms with E-state index in [1.807, 2.05) is 18.3 Å². The molecule has 3 aromatic rings. The first-order valence-corrected chi connectivity index (χ1v) is 7.11. The summed E-state index contributed by atoms with van der Waals surface area (Å²) in [6.07, 6.45) is 5.14. The summed E-state index contributed by atoms with van der Waals surface area (Å²) in [7, 11) is 0. The Morgan fingerprint density at radius 3 is 2.80 bits per heavy atom. The zero-order valence-corrected chi connectivity index (χ0v) is 12.3. The summed E-state index contributed by atoms with van der Waals surface area (Å²) >= 11 is 3.56. The van der Waals surface area contributed by atoms with Crippen LogP contribution in [0.25, 0.3) is 10.9 Å². The number of nitrogens with zero attached hydrogens (tertiary/aromatic N) is 3. The summed E-state index contributed by atoms with van der Waals surface area (Å²) < 4.78 is 1.07. The first-order valence-electron chi connectivity index (χ1n) is 6.32. The minimum atomic E-state index is 0.715. The Morgan fingerprint density at radius 2 is 1.95 bits per heavy atom. The molecule has 20 heavy (non-hydrogen) atoms. The summed E-state index contributed by atoms with van der Waals surface area (Å²) in [5, 5.41) is 4.52. The molecule has 4 nitrogen and oxygen atoms in total. The van der Waals surface area contributed by atoms with Crippen molar-refractivity contribution in [1.82, 2.24) is 20.3 Å². The Labute approximate surface area is 125 Å². The highest BCUT2D eigenvalue weighted by Gasteiger charge is 2.05. The largest absolute Gasteiger partial charge is 0.307 e. The Kier molecular flexibility index (Phi) is 3.99. The fourth-order valence-corrected chi connectivity index (χ4v) is 2.54. The van der Waals surface area contributed by atoms with Gasteiger partial charge in [-0.05, 0) is 23.8 Å². The van der Waals surface area contributed by atoms with Crippen LogP contribution in [0.1, 0.15) is 11.3 Å². The maximum Gasteiger partial charge on any atom is 0.115 e. The summed E-state index contributed by atoms with van der Waals surface area (Å²) in [6, 6.07) is 10.1. The lowest BCUT2D eigenvalue weighted by Crippen LogP contribution is -2.14. The standard InChI is InChI=1S/C15H13BrN4/c16-14-4-3-11(15-13(14)2-1-6-19-15)8-18-9-12-5-7-17-10-20-12/h1-7,10,18H,8-9H2. The van der Waals surface area contributed by atoms with Crippen LogP contribution in [0.15, 0.2) is 53.5 Å². The molecule has 0 saturated heterocycles. The van der Waals surface area contributed by atoms with Crippen molar-refractivity contribution in [3.8, 4) is 0 Å². The van der Waals surface area contributed by atoms with E-state index in [1.54, 1.807) is 12.5 Å². The van der Waals surface area contributed by atoms with E-state index < -0.39 is 0 Å². The SMILES string of the molecule is Brc1ccc(CNCc2ccncn2)c2ncccc12. The van der Waals surface area contributed by atoms with Gasteiger partial charge >= 0.3 is 0 Å². The highest BCUT2D eigenvalue weighted by molar-refractivity contribution is 9.10. The van der Waals surface area contributed by atoms with Crippen LogP contribution in [0.4, 0.5) is 0 Å². The van der Waals surface area contributed by atoms with E-state index in [4.69, 9.17) is 0 Å². The molecule has 3 rings (SSSR count). The molecule has 0 bridgehead atoms. The highest BCUT2D eigenvalue weighted by Crippen LogP contribution is 2.25. The maximum absolute atomic E-state index is 4.47. The van der Waals surface area contributed by atoms with Gasteiger partial charge < -0.3 is 5.32 Å². The van der Waals surface area contributed by atoms with Crippen molar-refractivity contribution in [3.63, 3.8) is 0 Å². The van der Waals surface area contributed by atoms with Crippen LogP contribution in [0.3, 0.4) is 0 Å². The molecule has 2 heterocycles. The molecular formula is C15H13BrN4. The van der Waals surface area contributed by atoms with E-state index >= 15 is 0 Å². The third-order valence-corrected chi connectivity index (χ3v) is 3.76. The Bertz CT molecular complexity index is 715. The monoisotopic (exact) mass is 328 g/mol. The summed E-state index contributed by atoms with van der Waals surface area (Å²) in [4.78, 5) is 12.6. The Morgan fingerprint density at radius 1 is 1.00 bits per heavy atom. The lowest BCUT2D eigenvalue weighted by Gasteiger charge is -2.08. The fourth-order valence-electron chi connectivity index (χ4n) is 2.09. The average Bonchev–Trinajstić information content (AvgIpc) is 2.51. The van der Waals surface area contributed by atoms with Crippen LogP contribution >= 0.6 is 15.9 Å². The first kappa shape index (κ1) is 13.1. The number of hydrogen-bond donors (Lipinski definition) is 1. The van der Waals surface area contributed by atoms with Crippen LogP contribution in [-0.4, -0.2) is 15.0 Å². The lowest BCUT2D eigenvalue weighted by atomic mass is 10.1. The van der Waals surface area contributed by atoms with Gasteiger partial charge in [-0.1, -0.05) is 28.1 Å². The number of hydrogen-bond acceptors (Lipinski definition) is 4. The second-order valence-electron chi connectivity index (χ2n) is 4.41. The molecule has 0 aliphatic rings. The number of pyridine rings is 1. The molecular weight excluding hydrogens is 316 g/mol. The molecule has 100 valence electrons. The number of nitrogens with one attached hydrogen (secondary N) is 1. The van der Waals surface area contributed by atoms with Gasteiger partial charge in [-0.3, -0.25) is 4.98 Å². The summed E-state index contributed by atoms with van der Waals surface area (Å²) in [5.41, 5.74) is 3.18. The van der Waals surface area contributed by atoms with Crippen molar-refractivity contribution in [2.24, 2.45) is 0 Å². The van der Waals surface area contributed by atoms with Gasteiger partial charge in [0, 0.05) is 35.3 Å². The third kappa shape index (κ3) is 2.84. The van der Waals surface area contributed by atoms with Gasteiger partial charge in [0.1, 0.15) is 6.33 Å². The van der Waals surface area contributed by atoms with E-state index in [9.17, 15) is 0 Å². The minimum absolute atomic E-state index is 0.715. The minimum Gasteiger partial charge on any atom is -0.307 e. The molecule has 1 N–H and O–H groups in total. The van der Waals surface area contributed by atoms with E-state index in [-0.39, 0.29) is 0 Å². The number of halogens is 1. The van der Waals surface area contributed by atoms with E-state index in [0.29, 0.717) is 6.54 Å². The average molecular weight is 329 g/mol. The van der Waals surface area contributed by atoms with Crippen LogP contribution in [0, 0.1) is 0 Å². The second-order valence-corrected chi connectivity index (χ2v) is 5.26. The molecule has 0 fully saturated rings. The van der Waals surface area contributed by atoms with Gasteiger partial charge in [0.25, 0.3) is 0 Å². The normalized spacial score (nSPS) is 10.8. The third-order valence-electron chi connectivity index (χ3n) is 3.06. The molecule has 0 unspecified atom stereocenters.